The molecule has 2 atom stereocenters. The van der Waals surface area contributed by atoms with E-state index in [1.807, 2.05) is 0 Å². The first-order valence-electron chi connectivity index (χ1n) is 6.12. The predicted octanol–water partition coefficient (Wildman–Crippen LogP) is 4.89. The van der Waals surface area contributed by atoms with Gasteiger partial charge in [0.1, 0.15) is 11.9 Å². The molecule has 2 rings (SSSR count). The van der Waals surface area contributed by atoms with Crippen LogP contribution < -0.4 is 10.5 Å². The van der Waals surface area contributed by atoms with Crippen LogP contribution in [0.3, 0.4) is 0 Å². The first-order chi connectivity index (χ1) is 9.77. The SMILES string of the molecule is CC(N)C(Oc1cccc(C(F)(F)F)c1)c1ccc(Cl)s1. The summed E-state index contributed by atoms with van der Waals surface area (Å²) in [6, 6.07) is 7.80. The van der Waals surface area contributed by atoms with Gasteiger partial charge in [0, 0.05) is 10.9 Å². The monoisotopic (exact) mass is 335 g/mol. The van der Waals surface area contributed by atoms with Gasteiger partial charge in [0.25, 0.3) is 0 Å². The quantitative estimate of drug-likeness (QED) is 0.863. The molecule has 0 bridgehead atoms. The van der Waals surface area contributed by atoms with Gasteiger partial charge < -0.3 is 10.5 Å². The fourth-order valence-electron chi connectivity index (χ4n) is 1.80. The van der Waals surface area contributed by atoms with Crippen molar-refractivity contribution in [3.63, 3.8) is 0 Å². The summed E-state index contributed by atoms with van der Waals surface area (Å²) in [6.07, 6.45) is -4.96. The summed E-state index contributed by atoms with van der Waals surface area (Å²) < 4.78 is 44.3. The van der Waals surface area contributed by atoms with Crippen molar-refractivity contribution in [2.24, 2.45) is 5.73 Å². The van der Waals surface area contributed by atoms with Crippen molar-refractivity contribution in [3.8, 4) is 5.75 Å². The standard InChI is InChI=1S/C14H13ClF3NOS/c1-8(19)13(11-5-6-12(15)21-11)20-10-4-2-3-9(7-10)14(16,17)18/h2-8,13H,19H2,1H3. The highest BCUT2D eigenvalue weighted by Crippen LogP contribution is 2.35. The van der Waals surface area contributed by atoms with Crippen LogP contribution in [0.4, 0.5) is 13.2 Å². The van der Waals surface area contributed by atoms with Gasteiger partial charge in [-0.1, -0.05) is 17.7 Å². The van der Waals surface area contributed by atoms with Crippen LogP contribution in [0.2, 0.25) is 4.34 Å². The Kier molecular flexibility index (Phi) is 4.81. The van der Waals surface area contributed by atoms with Crippen molar-refractivity contribution in [3.05, 3.63) is 51.2 Å². The minimum atomic E-state index is -4.41. The summed E-state index contributed by atoms with van der Waals surface area (Å²) in [4.78, 5) is 0.771. The van der Waals surface area contributed by atoms with Crippen LogP contribution in [0.1, 0.15) is 23.5 Å². The molecule has 0 aliphatic heterocycles. The van der Waals surface area contributed by atoms with Crippen LogP contribution in [0, 0.1) is 0 Å². The maximum Gasteiger partial charge on any atom is 0.416 e. The average Bonchev–Trinajstić information content (AvgIpc) is 2.81. The van der Waals surface area contributed by atoms with E-state index in [1.165, 1.54) is 23.5 Å². The molecule has 0 aliphatic carbocycles. The van der Waals surface area contributed by atoms with Crippen LogP contribution in [-0.2, 0) is 6.18 Å². The van der Waals surface area contributed by atoms with E-state index in [-0.39, 0.29) is 5.75 Å². The molecule has 1 aromatic carbocycles. The normalized spacial score (nSPS) is 14.8. The molecule has 0 amide bonds. The third-order valence-corrected chi connectivity index (χ3v) is 4.07. The zero-order valence-electron chi connectivity index (χ0n) is 11.0. The maximum absolute atomic E-state index is 12.7. The number of nitrogens with two attached hydrogens (primary N) is 1. The molecule has 114 valence electrons. The molecule has 1 heterocycles. The second kappa shape index (κ2) is 6.25. The van der Waals surface area contributed by atoms with Crippen LogP contribution in [0.25, 0.3) is 0 Å². The first kappa shape index (κ1) is 16.1. The molecule has 0 spiro atoms. The number of ether oxygens (including phenoxy) is 1. The number of alkyl halides is 3. The Morgan fingerprint density at radius 2 is 1.95 bits per heavy atom. The molecule has 0 aliphatic rings. The van der Waals surface area contributed by atoms with E-state index in [9.17, 15) is 13.2 Å². The number of rotatable bonds is 4. The lowest BCUT2D eigenvalue weighted by atomic mass is 10.1. The van der Waals surface area contributed by atoms with Crippen molar-refractivity contribution in [2.45, 2.75) is 25.2 Å². The molecule has 0 fully saturated rings. The molecule has 7 heteroatoms. The lowest BCUT2D eigenvalue weighted by Crippen LogP contribution is -2.28. The smallest absolute Gasteiger partial charge is 0.416 e. The number of thiophene rings is 1. The van der Waals surface area contributed by atoms with E-state index in [0.717, 1.165) is 17.0 Å². The van der Waals surface area contributed by atoms with Gasteiger partial charge in [-0.15, -0.1) is 11.3 Å². The van der Waals surface area contributed by atoms with Gasteiger partial charge in [-0.2, -0.15) is 13.2 Å². The van der Waals surface area contributed by atoms with Crippen molar-refractivity contribution in [1.29, 1.82) is 0 Å². The minimum Gasteiger partial charge on any atom is -0.483 e. The van der Waals surface area contributed by atoms with Crippen LogP contribution in [0.5, 0.6) is 5.75 Å². The van der Waals surface area contributed by atoms with Crippen molar-refractivity contribution in [2.75, 3.05) is 0 Å². The highest BCUT2D eigenvalue weighted by atomic mass is 35.5. The van der Waals surface area contributed by atoms with Gasteiger partial charge in [-0.05, 0) is 37.3 Å². The summed E-state index contributed by atoms with van der Waals surface area (Å²) in [6.45, 7) is 1.73. The molecule has 21 heavy (non-hydrogen) atoms. The van der Waals surface area contributed by atoms with Crippen LogP contribution in [-0.4, -0.2) is 6.04 Å². The molecule has 2 nitrogen and oxygen atoms in total. The molecule has 1 aromatic heterocycles. The van der Waals surface area contributed by atoms with E-state index in [1.54, 1.807) is 19.1 Å². The Morgan fingerprint density at radius 1 is 1.24 bits per heavy atom. The summed E-state index contributed by atoms with van der Waals surface area (Å²) >= 11 is 7.16. The third-order valence-electron chi connectivity index (χ3n) is 2.78. The second-order valence-corrected chi connectivity index (χ2v) is 6.31. The Labute approximate surface area is 129 Å². The molecular weight excluding hydrogens is 323 g/mol. The van der Waals surface area contributed by atoms with Crippen molar-refractivity contribution >= 4 is 22.9 Å². The molecule has 2 unspecified atom stereocenters. The largest absolute Gasteiger partial charge is 0.483 e. The summed E-state index contributed by atoms with van der Waals surface area (Å²) in [5.74, 6) is 0.122. The van der Waals surface area contributed by atoms with E-state index in [4.69, 9.17) is 22.1 Å². The van der Waals surface area contributed by atoms with Crippen LogP contribution >= 0.6 is 22.9 Å². The second-order valence-electron chi connectivity index (χ2n) is 4.57. The Morgan fingerprint density at radius 3 is 2.48 bits per heavy atom. The summed E-state index contributed by atoms with van der Waals surface area (Å²) in [5, 5.41) is 0. The first-order valence-corrected chi connectivity index (χ1v) is 7.31. The lowest BCUT2D eigenvalue weighted by Gasteiger charge is -2.22. The average molecular weight is 336 g/mol. The van der Waals surface area contributed by atoms with Gasteiger partial charge in [0.15, 0.2) is 0 Å². The predicted molar refractivity (Wildman–Crippen MR) is 77.8 cm³/mol. The van der Waals surface area contributed by atoms with Crippen LogP contribution in [0.15, 0.2) is 36.4 Å². The number of hydrogen-bond acceptors (Lipinski definition) is 3. The highest BCUT2D eigenvalue weighted by molar-refractivity contribution is 7.16. The highest BCUT2D eigenvalue weighted by Gasteiger charge is 2.31. The lowest BCUT2D eigenvalue weighted by molar-refractivity contribution is -0.137. The number of halogens is 4. The zero-order valence-corrected chi connectivity index (χ0v) is 12.6. The summed E-state index contributed by atoms with van der Waals surface area (Å²) in [7, 11) is 0. The topological polar surface area (TPSA) is 35.2 Å². The molecule has 0 saturated carbocycles. The van der Waals surface area contributed by atoms with Crippen molar-refractivity contribution in [1.82, 2.24) is 0 Å². The van der Waals surface area contributed by atoms with E-state index < -0.39 is 23.9 Å². The molecular formula is C14H13ClF3NOS. The Balaban J connectivity index is 2.26. The summed E-state index contributed by atoms with van der Waals surface area (Å²) in [5.41, 5.74) is 5.11. The fourth-order valence-corrected chi connectivity index (χ4v) is 3.00. The third kappa shape index (κ3) is 4.12. The zero-order chi connectivity index (χ0) is 15.6. The van der Waals surface area contributed by atoms with E-state index in [2.05, 4.69) is 0 Å². The van der Waals surface area contributed by atoms with Gasteiger partial charge in [-0.25, -0.2) is 0 Å². The molecule has 0 saturated heterocycles. The maximum atomic E-state index is 12.7. The molecule has 2 N–H and O–H groups in total. The number of hydrogen-bond donors (Lipinski definition) is 1. The van der Waals surface area contributed by atoms with Gasteiger partial charge in [-0.3, -0.25) is 0 Å². The molecule has 0 radical (unpaired) electrons. The van der Waals surface area contributed by atoms with Gasteiger partial charge in [0.05, 0.1) is 9.90 Å². The van der Waals surface area contributed by atoms with Gasteiger partial charge >= 0.3 is 6.18 Å². The Hall–Kier alpha value is -1.24. The number of benzene rings is 1. The minimum absolute atomic E-state index is 0.122. The molecule has 2 aromatic rings. The fraction of sp³-hybridized carbons (Fsp3) is 0.286. The van der Waals surface area contributed by atoms with E-state index >= 15 is 0 Å². The van der Waals surface area contributed by atoms with Crippen molar-refractivity contribution < 1.29 is 17.9 Å². The Bertz CT molecular complexity index is 612. The van der Waals surface area contributed by atoms with Gasteiger partial charge in [0.2, 0.25) is 0 Å². The van der Waals surface area contributed by atoms with E-state index in [0.29, 0.717) is 4.34 Å².